The molecule has 1 aromatic carbocycles. The summed E-state index contributed by atoms with van der Waals surface area (Å²) in [4.78, 5) is 13.9. The number of nitrogen functional groups attached to an aromatic ring is 1. The van der Waals surface area contributed by atoms with E-state index < -0.39 is 0 Å². The molecule has 0 unspecified atom stereocenters. The number of amides is 1. The Labute approximate surface area is 131 Å². The van der Waals surface area contributed by atoms with E-state index >= 15 is 0 Å². The maximum absolute atomic E-state index is 12.0. The number of thioether (sulfide) groups is 1. The van der Waals surface area contributed by atoms with Crippen LogP contribution in [0.4, 0.5) is 16.5 Å². The fourth-order valence-electron chi connectivity index (χ4n) is 1.54. The van der Waals surface area contributed by atoms with Crippen molar-refractivity contribution < 1.29 is 4.79 Å². The molecule has 1 aromatic heterocycles. The summed E-state index contributed by atoms with van der Waals surface area (Å²) in [7, 11) is 3.81. The minimum absolute atomic E-state index is 0.0877. The first-order chi connectivity index (χ1) is 9.97. The van der Waals surface area contributed by atoms with E-state index in [1.165, 1.54) is 23.1 Å². The van der Waals surface area contributed by atoms with Crippen LogP contribution in [0.25, 0.3) is 0 Å². The van der Waals surface area contributed by atoms with Crippen LogP contribution in [0.5, 0.6) is 0 Å². The highest BCUT2D eigenvalue weighted by Gasteiger charge is 2.10. The van der Waals surface area contributed by atoms with Crippen LogP contribution in [-0.2, 0) is 4.79 Å². The van der Waals surface area contributed by atoms with E-state index in [1.54, 1.807) is 0 Å². The summed E-state index contributed by atoms with van der Waals surface area (Å²) in [6, 6.07) is 5.46. The second kappa shape index (κ2) is 6.77. The molecule has 1 heterocycles. The van der Waals surface area contributed by atoms with Crippen molar-refractivity contribution in [3.63, 3.8) is 0 Å². The van der Waals surface area contributed by atoms with Gasteiger partial charge in [-0.2, -0.15) is 0 Å². The molecule has 112 valence electrons. The number of hydrogen-bond donors (Lipinski definition) is 2. The van der Waals surface area contributed by atoms with Gasteiger partial charge in [0.25, 0.3) is 0 Å². The van der Waals surface area contributed by atoms with Gasteiger partial charge >= 0.3 is 0 Å². The lowest BCUT2D eigenvalue weighted by molar-refractivity contribution is -0.113. The smallest absolute Gasteiger partial charge is 0.234 e. The fourth-order valence-corrected chi connectivity index (χ4v) is 3.11. The lowest BCUT2D eigenvalue weighted by Gasteiger charge is -2.09. The Balaban J connectivity index is 1.91. The molecule has 3 N–H and O–H groups in total. The summed E-state index contributed by atoms with van der Waals surface area (Å²) in [5.41, 5.74) is 8.10. The highest BCUT2D eigenvalue weighted by atomic mass is 32.2. The largest absolute Gasteiger partial charge is 0.398 e. The first kappa shape index (κ1) is 15.6. The average molecular weight is 323 g/mol. The number of rotatable bonds is 5. The van der Waals surface area contributed by atoms with Gasteiger partial charge in [-0.05, 0) is 24.6 Å². The van der Waals surface area contributed by atoms with E-state index in [9.17, 15) is 4.79 Å². The Hall–Kier alpha value is -1.80. The number of carbonyl (C=O) groups is 1. The molecular weight excluding hydrogens is 306 g/mol. The van der Waals surface area contributed by atoms with Crippen molar-refractivity contribution in [2.24, 2.45) is 0 Å². The molecule has 8 heteroatoms. The molecule has 0 aliphatic carbocycles. The molecular formula is C13H17N5OS2. The Bertz CT molecular complexity index is 641. The van der Waals surface area contributed by atoms with Gasteiger partial charge in [-0.3, -0.25) is 4.79 Å². The highest BCUT2D eigenvalue weighted by Crippen LogP contribution is 2.27. The minimum Gasteiger partial charge on any atom is -0.398 e. The molecule has 2 aromatic rings. The van der Waals surface area contributed by atoms with E-state index in [-0.39, 0.29) is 11.7 Å². The van der Waals surface area contributed by atoms with Gasteiger partial charge in [-0.25, -0.2) is 0 Å². The van der Waals surface area contributed by atoms with Crippen molar-refractivity contribution >= 4 is 45.5 Å². The zero-order valence-electron chi connectivity index (χ0n) is 12.1. The van der Waals surface area contributed by atoms with Crippen LogP contribution in [0.2, 0.25) is 0 Å². The lowest BCUT2D eigenvalue weighted by atomic mass is 10.1. The standard InChI is InChI=1S/C13H17N5OS2/c1-8-9(14)5-4-6-10(8)15-11(19)7-20-13-17-16-12(21-13)18(2)3/h4-6H,7,14H2,1-3H3,(H,15,19). The number of benzene rings is 1. The average Bonchev–Trinajstić information content (AvgIpc) is 2.91. The van der Waals surface area contributed by atoms with E-state index in [1.807, 2.05) is 44.1 Å². The number of nitrogens with two attached hydrogens (primary N) is 1. The van der Waals surface area contributed by atoms with Crippen LogP contribution in [0.1, 0.15) is 5.56 Å². The molecule has 0 saturated heterocycles. The summed E-state index contributed by atoms with van der Waals surface area (Å²) < 4.78 is 0.776. The van der Waals surface area contributed by atoms with Gasteiger partial charge < -0.3 is 16.0 Å². The number of nitrogens with one attached hydrogen (secondary N) is 1. The van der Waals surface area contributed by atoms with Crippen molar-refractivity contribution in [1.29, 1.82) is 0 Å². The number of aromatic nitrogens is 2. The Morgan fingerprint density at radius 2 is 2.19 bits per heavy atom. The van der Waals surface area contributed by atoms with Crippen molar-refractivity contribution in [2.45, 2.75) is 11.3 Å². The maximum Gasteiger partial charge on any atom is 0.234 e. The number of carbonyl (C=O) groups excluding carboxylic acids is 1. The summed E-state index contributed by atoms with van der Waals surface area (Å²) in [6.07, 6.45) is 0. The Kier molecular flexibility index (Phi) is 5.03. The fraction of sp³-hybridized carbons (Fsp3) is 0.308. The van der Waals surface area contributed by atoms with Crippen molar-refractivity contribution in [3.8, 4) is 0 Å². The van der Waals surface area contributed by atoms with Crippen LogP contribution in [0, 0.1) is 6.92 Å². The minimum atomic E-state index is -0.0877. The second-order valence-electron chi connectivity index (χ2n) is 4.60. The number of anilines is 3. The van der Waals surface area contributed by atoms with E-state index in [0.717, 1.165) is 20.7 Å². The summed E-state index contributed by atoms with van der Waals surface area (Å²) in [6.45, 7) is 1.88. The Morgan fingerprint density at radius 3 is 2.86 bits per heavy atom. The predicted octanol–water partition coefficient (Wildman–Crippen LogP) is 2.23. The van der Waals surface area contributed by atoms with E-state index in [4.69, 9.17) is 5.73 Å². The lowest BCUT2D eigenvalue weighted by Crippen LogP contribution is -2.15. The maximum atomic E-state index is 12.0. The first-order valence-corrected chi connectivity index (χ1v) is 8.06. The summed E-state index contributed by atoms with van der Waals surface area (Å²) in [5, 5.41) is 11.7. The molecule has 0 aliphatic rings. The van der Waals surface area contributed by atoms with Gasteiger partial charge in [-0.15, -0.1) is 10.2 Å². The van der Waals surface area contributed by atoms with Crippen molar-refractivity contribution in [3.05, 3.63) is 23.8 Å². The first-order valence-electron chi connectivity index (χ1n) is 6.26. The van der Waals surface area contributed by atoms with Gasteiger partial charge in [0.2, 0.25) is 11.0 Å². The third-order valence-corrected chi connectivity index (χ3v) is 4.98. The normalized spacial score (nSPS) is 10.4. The molecule has 0 saturated carbocycles. The highest BCUT2D eigenvalue weighted by molar-refractivity contribution is 8.01. The molecule has 0 aliphatic heterocycles. The van der Waals surface area contributed by atoms with Crippen LogP contribution < -0.4 is 16.0 Å². The molecule has 0 radical (unpaired) electrons. The van der Waals surface area contributed by atoms with Crippen LogP contribution in [0.15, 0.2) is 22.5 Å². The van der Waals surface area contributed by atoms with Gasteiger partial charge in [0.1, 0.15) is 0 Å². The van der Waals surface area contributed by atoms with Gasteiger partial charge in [-0.1, -0.05) is 29.2 Å². The predicted molar refractivity (Wildman–Crippen MR) is 89.2 cm³/mol. The van der Waals surface area contributed by atoms with Crippen molar-refractivity contribution in [2.75, 3.05) is 35.8 Å². The second-order valence-corrected chi connectivity index (χ2v) is 6.78. The monoisotopic (exact) mass is 323 g/mol. The SMILES string of the molecule is Cc1c(N)cccc1NC(=O)CSc1nnc(N(C)C)s1. The van der Waals surface area contributed by atoms with E-state index in [2.05, 4.69) is 15.5 Å². The van der Waals surface area contributed by atoms with Crippen molar-refractivity contribution in [1.82, 2.24) is 10.2 Å². The number of nitrogens with zero attached hydrogens (tertiary/aromatic N) is 3. The third-order valence-electron chi connectivity index (χ3n) is 2.75. The zero-order valence-corrected chi connectivity index (χ0v) is 13.7. The molecule has 0 bridgehead atoms. The van der Waals surface area contributed by atoms with Gasteiger partial charge in [0, 0.05) is 25.5 Å². The van der Waals surface area contributed by atoms with E-state index in [0.29, 0.717) is 5.69 Å². The molecule has 1 amide bonds. The van der Waals surface area contributed by atoms with Gasteiger partial charge in [0.05, 0.1) is 5.75 Å². The molecule has 0 atom stereocenters. The topological polar surface area (TPSA) is 84.1 Å². The molecule has 0 fully saturated rings. The summed E-state index contributed by atoms with van der Waals surface area (Å²) >= 11 is 2.83. The molecule has 6 nitrogen and oxygen atoms in total. The zero-order chi connectivity index (χ0) is 15.4. The molecule has 2 rings (SSSR count). The van der Waals surface area contributed by atoms with Gasteiger partial charge in [0.15, 0.2) is 4.34 Å². The quantitative estimate of drug-likeness (QED) is 0.648. The third kappa shape index (κ3) is 4.08. The molecule has 21 heavy (non-hydrogen) atoms. The molecule has 0 spiro atoms. The summed E-state index contributed by atoms with van der Waals surface area (Å²) in [5.74, 6) is 0.200. The van der Waals surface area contributed by atoms with Crippen LogP contribution in [0.3, 0.4) is 0 Å². The van der Waals surface area contributed by atoms with Crippen LogP contribution >= 0.6 is 23.1 Å². The number of hydrogen-bond acceptors (Lipinski definition) is 7. The Morgan fingerprint density at radius 1 is 1.43 bits per heavy atom. The van der Waals surface area contributed by atoms with Crippen LogP contribution in [-0.4, -0.2) is 36.0 Å².